The Kier molecular flexibility index (Phi) is 3.66. The highest BCUT2D eigenvalue weighted by atomic mass is 16.2. The van der Waals surface area contributed by atoms with Crippen molar-refractivity contribution in [3.8, 4) is 0 Å². The molecule has 0 radical (unpaired) electrons. The van der Waals surface area contributed by atoms with Crippen LogP contribution in [-0.4, -0.2) is 28.9 Å². The minimum absolute atomic E-state index is 0.0971. The number of pyridine rings is 1. The van der Waals surface area contributed by atoms with E-state index in [0.29, 0.717) is 12.1 Å². The van der Waals surface area contributed by atoms with Gasteiger partial charge < -0.3 is 10.6 Å². The number of nitrogens with zero attached hydrogens (tertiary/aromatic N) is 2. The summed E-state index contributed by atoms with van der Waals surface area (Å²) in [6.45, 7) is 6.47. The topological polar surface area (TPSA) is 59.2 Å². The molecule has 0 saturated carbocycles. The largest absolute Gasteiger partial charge is 0.338 e. The van der Waals surface area contributed by atoms with Crippen LogP contribution in [0.25, 0.3) is 0 Å². The highest BCUT2D eigenvalue weighted by molar-refractivity contribution is 5.94. The molecule has 1 aliphatic rings. The number of hydrogen-bond acceptors (Lipinski definition) is 3. The van der Waals surface area contributed by atoms with Crippen LogP contribution in [0, 0.1) is 5.41 Å². The van der Waals surface area contributed by atoms with Crippen LogP contribution < -0.4 is 5.73 Å². The molecule has 18 heavy (non-hydrogen) atoms. The minimum Gasteiger partial charge on any atom is -0.338 e. The number of likely N-dealkylation sites (tertiary alicyclic amines) is 1. The van der Waals surface area contributed by atoms with Gasteiger partial charge in [0, 0.05) is 31.4 Å². The van der Waals surface area contributed by atoms with Crippen LogP contribution in [0.15, 0.2) is 18.3 Å². The number of piperidine rings is 1. The van der Waals surface area contributed by atoms with Crippen LogP contribution in [0.1, 0.15) is 42.7 Å². The lowest BCUT2D eigenvalue weighted by Gasteiger charge is -2.38. The van der Waals surface area contributed by atoms with E-state index >= 15 is 0 Å². The number of amides is 1. The minimum atomic E-state index is 0.0971. The van der Waals surface area contributed by atoms with Crippen molar-refractivity contribution in [1.82, 2.24) is 9.88 Å². The average molecular weight is 247 g/mol. The van der Waals surface area contributed by atoms with Gasteiger partial charge in [0.25, 0.3) is 5.91 Å². The van der Waals surface area contributed by atoms with Crippen LogP contribution >= 0.6 is 0 Å². The van der Waals surface area contributed by atoms with Crippen molar-refractivity contribution in [2.45, 2.75) is 33.2 Å². The van der Waals surface area contributed by atoms with Gasteiger partial charge in [0.05, 0.1) is 5.69 Å². The first kappa shape index (κ1) is 13.0. The summed E-state index contributed by atoms with van der Waals surface area (Å²) in [6.07, 6.45) is 3.92. The van der Waals surface area contributed by atoms with Gasteiger partial charge in [-0.15, -0.1) is 0 Å². The molecule has 1 fully saturated rings. The van der Waals surface area contributed by atoms with Crippen molar-refractivity contribution in [2.75, 3.05) is 13.1 Å². The molecule has 2 rings (SSSR count). The first-order valence-electron chi connectivity index (χ1n) is 6.46. The quantitative estimate of drug-likeness (QED) is 0.867. The van der Waals surface area contributed by atoms with Crippen LogP contribution in [0.5, 0.6) is 0 Å². The second kappa shape index (κ2) is 5.06. The van der Waals surface area contributed by atoms with E-state index in [2.05, 4.69) is 18.8 Å². The van der Waals surface area contributed by atoms with Crippen molar-refractivity contribution >= 4 is 5.91 Å². The molecule has 1 aromatic heterocycles. The lowest BCUT2D eigenvalue weighted by atomic mass is 9.84. The second-order valence-corrected chi connectivity index (χ2v) is 5.73. The standard InChI is InChI=1S/C14H21N3O/c1-14(2)5-3-7-17(10-14)13(18)11-4-6-16-12(8-11)9-15/h4,6,8H,3,5,7,9-10,15H2,1-2H3. The van der Waals surface area contributed by atoms with Gasteiger partial charge >= 0.3 is 0 Å². The zero-order valence-corrected chi connectivity index (χ0v) is 11.1. The van der Waals surface area contributed by atoms with Gasteiger partial charge in [-0.05, 0) is 30.4 Å². The molecule has 1 saturated heterocycles. The highest BCUT2D eigenvalue weighted by Gasteiger charge is 2.29. The monoisotopic (exact) mass is 247 g/mol. The first-order valence-corrected chi connectivity index (χ1v) is 6.46. The molecule has 4 heteroatoms. The Hall–Kier alpha value is -1.42. The predicted octanol–water partition coefficient (Wildman–Crippen LogP) is 1.80. The van der Waals surface area contributed by atoms with Gasteiger partial charge in [0.1, 0.15) is 0 Å². The summed E-state index contributed by atoms with van der Waals surface area (Å²) in [5, 5.41) is 0. The smallest absolute Gasteiger partial charge is 0.253 e. The van der Waals surface area contributed by atoms with Gasteiger partial charge in [-0.3, -0.25) is 9.78 Å². The molecule has 1 aliphatic heterocycles. The van der Waals surface area contributed by atoms with Gasteiger partial charge in [-0.2, -0.15) is 0 Å². The molecular formula is C14H21N3O. The molecule has 0 aromatic carbocycles. The number of nitrogens with two attached hydrogens (primary N) is 1. The lowest BCUT2D eigenvalue weighted by molar-refractivity contribution is 0.0583. The summed E-state index contributed by atoms with van der Waals surface area (Å²) in [6, 6.07) is 3.56. The number of carbonyl (C=O) groups excluding carboxylic acids is 1. The molecule has 98 valence electrons. The lowest BCUT2D eigenvalue weighted by Crippen LogP contribution is -2.43. The van der Waals surface area contributed by atoms with Gasteiger partial charge in [-0.1, -0.05) is 13.8 Å². The van der Waals surface area contributed by atoms with E-state index in [9.17, 15) is 4.79 Å². The molecule has 2 heterocycles. The van der Waals surface area contributed by atoms with Crippen molar-refractivity contribution in [3.63, 3.8) is 0 Å². The maximum atomic E-state index is 12.4. The van der Waals surface area contributed by atoms with Crippen molar-refractivity contribution in [1.29, 1.82) is 0 Å². The van der Waals surface area contributed by atoms with Crippen molar-refractivity contribution in [3.05, 3.63) is 29.6 Å². The van der Waals surface area contributed by atoms with E-state index in [1.54, 1.807) is 18.3 Å². The summed E-state index contributed by atoms with van der Waals surface area (Å²) < 4.78 is 0. The Bertz CT molecular complexity index is 442. The zero-order chi connectivity index (χ0) is 13.2. The highest BCUT2D eigenvalue weighted by Crippen LogP contribution is 2.29. The van der Waals surface area contributed by atoms with Crippen LogP contribution in [0.4, 0.5) is 0 Å². The molecule has 0 unspecified atom stereocenters. The molecule has 2 N–H and O–H groups in total. The number of rotatable bonds is 2. The van der Waals surface area contributed by atoms with Crippen LogP contribution in [0.3, 0.4) is 0 Å². The Morgan fingerprint density at radius 2 is 2.33 bits per heavy atom. The predicted molar refractivity (Wildman–Crippen MR) is 71.0 cm³/mol. The molecule has 4 nitrogen and oxygen atoms in total. The van der Waals surface area contributed by atoms with Crippen molar-refractivity contribution < 1.29 is 4.79 Å². The summed E-state index contributed by atoms with van der Waals surface area (Å²) in [7, 11) is 0. The van der Waals surface area contributed by atoms with Gasteiger partial charge in [0.2, 0.25) is 0 Å². The molecule has 1 amide bonds. The van der Waals surface area contributed by atoms with E-state index in [1.165, 1.54) is 6.42 Å². The number of carbonyl (C=O) groups is 1. The Morgan fingerprint density at radius 3 is 3.00 bits per heavy atom. The zero-order valence-electron chi connectivity index (χ0n) is 11.1. The van der Waals surface area contributed by atoms with Crippen LogP contribution in [-0.2, 0) is 6.54 Å². The van der Waals surface area contributed by atoms with E-state index in [0.717, 1.165) is 25.2 Å². The fourth-order valence-corrected chi connectivity index (χ4v) is 2.50. The molecule has 0 spiro atoms. The molecule has 0 aliphatic carbocycles. The Balaban J connectivity index is 2.15. The number of hydrogen-bond donors (Lipinski definition) is 1. The van der Waals surface area contributed by atoms with E-state index in [4.69, 9.17) is 5.73 Å². The first-order chi connectivity index (χ1) is 8.52. The fourth-order valence-electron chi connectivity index (χ4n) is 2.50. The van der Waals surface area contributed by atoms with Crippen LogP contribution in [0.2, 0.25) is 0 Å². The third kappa shape index (κ3) is 2.88. The fraction of sp³-hybridized carbons (Fsp3) is 0.571. The third-order valence-corrected chi connectivity index (χ3v) is 3.46. The molecular weight excluding hydrogens is 226 g/mol. The average Bonchev–Trinajstić information content (AvgIpc) is 2.37. The van der Waals surface area contributed by atoms with E-state index < -0.39 is 0 Å². The summed E-state index contributed by atoms with van der Waals surface area (Å²) in [5.74, 6) is 0.0971. The Morgan fingerprint density at radius 1 is 1.56 bits per heavy atom. The van der Waals surface area contributed by atoms with Crippen molar-refractivity contribution in [2.24, 2.45) is 11.1 Å². The summed E-state index contributed by atoms with van der Waals surface area (Å²) in [5.41, 5.74) is 7.23. The second-order valence-electron chi connectivity index (χ2n) is 5.73. The normalized spacial score (nSPS) is 18.7. The summed E-state index contributed by atoms with van der Waals surface area (Å²) in [4.78, 5) is 18.5. The third-order valence-electron chi connectivity index (χ3n) is 3.46. The van der Waals surface area contributed by atoms with Gasteiger partial charge in [-0.25, -0.2) is 0 Å². The maximum Gasteiger partial charge on any atom is 0.253 e. The molecule has 0 bridgehead atoms. The van der Waals surface area contributed by atoms with E-state index in [-0.39, 0.29) is 11.3 Å². The van der Waals surface area contributed by atoms with Gasteiger partial charge in [0.15, 0.2) is 0 Å². The summed E-state index contributed by atoms with van der Waals surface area (Å²) >= 11 is 0. The Labute approximate surface area is 108 Å². The molecule has 1 aromatic rings. The number of aromatic nitrogens is 1. The van der Waals surface area contributed by atoms with E-state index in [1.807, 2.05) is 4.90 Å². The molecule has 0 atom stereocenters. The SMILES string of the molecule is CC1(C)CCCN(C(=O)c2ccnc(CN)c2)C1. The maximum absolute atomic E-state index is 12.4.